The molecule has 10 heteroatoms. The maximum Gasteiger partial charge on any atom is 0.264 e. The lowest BCUT2D eigenvalue weighted by Crippen LogP contribution is -2.52. The monoisotopic (exact) mass is 573 g/mol. The topological polar surface area (TPSA) is 86.8 Å². The van der Waals surface area contributed by atoms with Gasteiger partial charge in [0.15, 0.2) is 0 Å². The van der Waals surface area contributed by atoms with E-state index in [2.05, 4.69) is 5.32 Å². The predicted octanol–water partition coefficient (Wildman–Crippen LogP) is 5.23. The van der Waals surface area contributed by atoms with Crippen molar-refractivity contribution in [2.75, 3.05) is 10.8 Å². The Morgan fingerprint density at radius 3 is 2.10 bits per heavy atom. The minimum Gasteiger partial charge on any atom is -0.352 e. The highest BCUT2D eigenvalue weighted by Crippen LogP contribution is 2.27. The number of halogens is 2. The summed E-state index contributed by atoms with van der Waals surface area (Å²) in [5.41, 5.74) is 2.71. The highest BCUT2D eigenvalue weighted by molar-refractivity contribution is 7.92. The first-order valence-electron chi connectivity index (χ1n) is 12.5. The number of rotatable bonds is 10. The van der Waals surface area contributed by atoms with Gasteiger partial charge in [-0.05, 0) is 99.8 Å². The number of benzene rings is 3. The van der Waals surface area contributed by atoms with Crippen molar-refractivity contribution in [3.8, 4) is 0 Å². The van der Waals surface area contributed by atoms with Crippen molar-refractivity contribution in [1.29, 1.82) is 0 Å². The van der Waals surface area contributed by atoms with E-state index in [1.807, 2.05) is 13.8 Å². The minimum absolute atomic E-state index is 0.0203. The summed E-state index contributed by atoms with van der Waals surface area (Å²) in [6.45, 7) is 8.36. The normalized spacial score (nSPS) is 12.2. The maximum absolute atomic E-state index is 13.9. The molecule has 3 aromatic rings. The van der Waals surface area contributed by atoms with Crippen molar-refractivity contribution in [3.63, 3.8) is 0 Å². The lowest BCUT2D eigenvalue weighted by molar-refractivity contribution is -0.139. The van der Waals surface area contributed by atoms with Crippen LogP contribution in [-0.2, 0) is 26.2 Å². The third-order valence-electron chi connectivity index (χ3n) is 6.32. The van der Waals surface area contributed by atoms with Crippen LogP contribution in [0.4, 0.5) is 10.1 Å². The number of carbonyl (C=O) groups is 2. The Bertz CT molecular complexity index is 1430. The van der Waals surface area contributed by atoms with Crippen LogP contribution in [0.3, 0.4) is 0 Å². The van der Waals surface area contributed by atoms with E-state index in [1.165, 1.54) is 53.4 Å². The average Bonchev–Trinajstić information content (AvgIpc) is 2.88. The van der Waals surface area contributed by atoms with Crippen molar-refractivity contribution < 1.29 is 22.4 Å². The van der Waals surface area contributed by atoms with Crippen LogP contribution in [0.25, 0.3) is 0 Å². The Morgan fingerprint density at radius 2 is 1.54 bits per heavy atom. The fourth-order valence-corrected chi connectivity index (χ4v) is 5.45. The van der Waals surface area contributed by atoms with E-state index >= 15 is 0 Å². The molecule has 0 aromatic heterocycles. The summed E-state index contributed by atoms with van der Waals surface area (Å²) in [6, 6.07) is 15.3. The second kappa shape index (κ2) is 12.6. The zero-order valence-corrected chi connectivity index (χ0v) is 24.2. The third kappa shape index (κ3) is 7.58. The predicted molar refractivity (Wildman–Crippen MR) is 152 cm³/mol. The van der Waals surface area contributed by atoms with E-state index in [1.54, 1.807) is 39.0 Å². The van der Waals surface area contributed by atoms with Gasteiger partial charge in [0.25, 0.3) is 10.0 Å². The number of nitrogens with zero attached hydrogens (tertiary/aromatic N) is 2. The van der Waals surface area contributed by atoms with Gasteiger partial charge in [0.05, 0.1) is 10.6 Å². The van der Waals surface area contributed by atoms with Gasteiger partial charge in [-0.2, -0.15) is 0 Å². The zero-order chi connectivity index (χ0) is 28.9. The van der Waals surface area contributed by atoms with Crippen LogP contribution in [0.1, 0.15) is 37.5 Å². The molecule has 208 valence electrons. The van der Waals surface area contributed by atoms with Gasteiger partial charge in [0, 0.05) is 17.6 Å². The number of carbonyl (C=O) groups excluding carboxylic acids is 2. The van der Waals surface area contributed by atoms with E-state index in [9.17, 15) is 22.4 Å². The summed E-state index contributed by atoms with van der Waals surface area (Å²) in [4.78, 5) is 28.0. The van der Waals surface area contributed by atoms with E-state index in [-0.39, 0.29) is 17.5 Å². The first-order chi connectivity index (χ1) is 18.3. The summed E-state index contributed by atoms with van der Waals surface area (Å²) < 4.78 is 42.2. The van der Waals surface area contributed by atoms with Crippen LogP contribution in [0.5, 0.6) is 0 Å². The van der Waals surface area contributed by atoms with Crippen LogP contribution in [0, 0.1) is 19.7 Å². The molecular weight excluding hydrogens is 541 g/mol. The number of anilines is 1. The van der Waals surface area contributed by atoms with Gasteiger partial charge in [0.2, 0.25) is 11.8 Å². The molecule has 2 amide bonds. The van der Waals surface area contributed by atoms with Crippen LogP contribution in [0.15, 0.2) is 71.6 Å². The van der Waals surface area contributed by atoms with E-state index < -0.39 is 40.2 Å². The van der Waals surface area contributed by atoms with Crippen LogP contribution in [-0.4, -0.2) is 43.8 Å². The van der Waals surface area contributed by atoms with Gasteiger partial charge in [-0.25, -0.2) is 12.8 Å². The average molecular weight is 574 g/mol. The molecule has 0 saturated carbocycles. The van der Waals surface area contributed by atoms with Gasteiger partial charge < -0.3 is 10.2 Å². The fraction of sp³-hybridized carbons (Fsp3) is 0.310. The van der Waals surface area contributed by atoms with Crippen molar-refractivity contribution in [3.05, 3.63) is 94.3 Å². The number of hydrogen-bond acceptors (Lipinski definition) is 4. The second-order valence-electron chi connectivity index (χ2n) is 9.72. The standard InChI is InChI=1S/C29H33ClFN3O4S/c1-19(2)32-29(36)22(5)33(17-23-7-11-25(31)12-8-23)28(35)18-34(26-13-6-20(3)21(4)16-26)39(37,38)27-14-9-24(30)10-15-27/h6-16,19,22H,17-18H2,1-5H3,(H,32,36)/t22-/m0/s1. The maximum atomic E-state index is 13.9. The van der Waals surface area contributed by atoms with Crippen molar-refractivity contribution in [1.82, 2.24) is 10.2 Å². The molecule has 0 unspecified atom stereocenters. The summed E-state index contributed by atoms with van der Waals surface area (Å²) in [6.07, 6.45) is 0. The Morgan fingerprint density at radius 1 is 0.923 bits per heavy atom. The molecule has 3 aromatic carbocycles. The summed E-state index contributed by atoms with van der Waals surface area (Å²) in [5.74, 6) is -1.42. The quantitative estimate of drug-likeness (QED) is 0.360. The largest absolute Gasteiger partial charge is 0.352 e. The van der Waals surface area contributed by atoms with Crippen molar-refractivity contribution in [2.24, 2.45) is 0 Å². The molecule has 0 aliphatic carbocycles. The second-order valence-corrected chi connectivity index (χ2v) is 12.0. The summed E-state index contributed by atoms with van der Waals surface area (Å²) in [5, 5.41) is 3.17. The number of hydrogen-bond donors (Lipinski definition) is 1. The van der Waals surface area contributed by atoms with Gasteiger partial charge in [-0.1, -0.05) is 29.8 Å². The molecule has 0 radical (unpaired) electrons. The lowest BCUT2D eigenvalue weighted by atomic mass is 10.1. The number of amides is 2. The summed E-state index contributed by atoms with van der Waals surface area (Å²) in [7, 11) is -4.20. The number of sulfonamides is 1. The number of aryl methyl sites for hydroxylation is 2. The minimum atomic E-state index is -4.20. The van der Waals surface area contributed by atoms with Gasteiger partial charge in [-0.3, -0.25) is 13.9 Å². The van der Waals surface area contributed by atoms with Gasteiger partial charge >= 0.3 is 0 Å². The molecule has 39 heavy (non-hydrogen) atoms. The Hall–Kier alpha value is -3.43. The molecule has 0 spiro atoms. The third-order valence-corrected chi connectivity index (χ3v) is 8.36. The van der Waals surface area contributed by atoms with Gasteiger partial charge in [0.1, 0.15) is 18.4 Å². The molecule has 1 N–H and O–H groups in total. The molecule has 3 rings (SSSR count). The van der Waals surface area contributed by atoms with Crippen molar-refractivity contribution in [2.45, 2.75) is 58.1 Å². The smallest absolute Gasteiger partial charge is 0.264 e. The van der Waals surface area contributed by atoms with Gasteiger partial charge in [-0.15, -0.1) is 0 Å². The molecule has 0 aliphatic rings. The molecule has 0 fully saturated rings. The fourth-order valence-electron chi connectivity index (χ4n) is 3.92. The summed E-state index contributed by atoms with van der Waals surface area (Å²) >= 11 is 5.98. The first-order valence-corrected chi connectivity index (χ1v) is 14.3. The molecule has 0 saturated heterocycles. The van der Waals surface area contributed by atoms with Crippen LogP contribution < -0.4 is 9.62 Å². The van der Waals surface area contributed by atoms with Crippen molar-refractivity contribution >= 4 is 39.1 Å². The van der Waals surface area contributed by atoms with Crippen LogP contribution in [0.2, 0.25) is 5.02 Å². The molecule has 0 bridgehead atoms. The first kappa shape index (κ1) is 30.1. The molecule has 7 nitrogen and oxygen atoms in total. The molecular formula is C29H33ClFN3O4S. The Balaban J connectivity index is 2.05. The highest BCUT2D eigenvalue weighted by atomic mass is 35.5. The molecule has 0 aliphatic heterocycles. The van der Waals surface area contributed by atoms with Crippen LogP contribution >= 0.6 is 11.6 Å². The van der Waals surface area contributed by atoms with E-state index in [0.29, 0.717) is 16.3 Å². The highest BCUT2D eigenvalue weighted by Gasteiger charge is 2.32. The Labute approximate surface area is 234 Å². The Kier molecular flexibility index (Phi) is 9.74. The molecule has 1 atom stereocenters. The van der Waals surface area contributed by atoms with E-state index in [0.717, 1.165) is 15.4 Å². The molecule has 0 heterocycles. The lowest BCUT2D eigenvalue weighted by Gasteiger charge is -2.32. The SMILES string of the molecule is Cc1ccc(N(CC(=O)N(Cc2ccc(F)cc2)[C@@H](C)C(=O)NC(C)C)S(=O)(=O)c2ccc(Cl)cc2)cc1C. The zero-order valence-electron chi connectivity index (χ0n) is 22.6. The van der Waals surface area contributed by atoms with E-state index in [4.69, 9.17) is 11.6 Å². The number of nitrogens with one attached hydrogen (secondary N) is 1.